The van der Waals surface area contributed by atoms with E-state index in [1.54, 1.807) is 6.92 Å². The molecule has 0 bridgehead atoms. The molecule has 0 aromatic heterocycles. The standard InChI is InChI=1S/C9H16O/c1-7(8(2)10)6-9-4-3-5-9/h7,9H,3-6H2,1-2H3. The summed E-state index contributed by atoms with van der Waals surface area (Å²) in [6, 6.07) is 0. The molecule has 0 radical (unpaired) electrons. The lowest BCUT2D eigenvalue weighted by atomic mass is 9.79. The number of hydrogen-bond donors (Lipinski definition) is 0. The van der Waals surface area contributed by atoms with Crippen LogP contribution in [0.2, 0.25) is 0 Å². The number of hydrogen-bond acceptors (Lipinski definition) is 1. The SMILES string of the molecule is CC(=O)C(C)CC1CCC1. The molecule has 0 N–H and O–H groups in total. The summed E-state index contributed by atoms with van der Waals surface area (Å²) < 4.78 is 0. The fraction of sp³-hybridized carbons (Fsp3) is 0.889. The zero-order valence-corrected chi connectivity index (χ0v) is 6.89. The quantitative estimate of drug-likeness (QED) is 0.588. The van der Waals surface area contributed by atoms with Crippen molar-refractivity contribution in [2.24, 2.45) is 11.8 Å². The highest BCUT2D eigenvalue weighted by molar-refractivity contribution is 5.77. The predicted molar refractivity (Wildman–Crippen MR) is 41.8 cm³/mol. The number of carbonyl (C=O) groups excluding carboxylic acids is 1. The summed E-state index contributed by atoms with van der Waals surface area (Å²) in [5, 5.41) is 0. The van der Waals surface area contributed by atoms with Gasteiger partial charge in [-0.3, -0.25) is 4.79 Å². The normalized spacial score (nSPS) is 21.8. The van der Waals surface area contributed by atoms with Crippen LogP contribution >= 0.6 is 0 Å². The number of rotatable bonds is 3. The molecule has 1 nitrogen and oxygen atoms in total. The molecule has 1 heteroatoms. The largest absolute Gasteiger partial charge is 0.300 e. The highest BCUT2D eigenvalue weighted by atomic mass is 16.1. The Kier molecular flexibility index (Phi) is 2.47. The van der Waals surface area contributed by atoms with Crippen molar-refractivity contribution in [3.63, 3.8) is 0 Å². The molecule has 1 atom stereocenters. The van der Waals surface area contributed by atoms with E-state index in [4.69, 9.17) is 0 Å². The third kappa shape index (κ3) is 1.83. The third-order valence-electron chi connectivity index (χ3n) is 2.61. The van der Waals surface area contributed by atoms with E-state index in [0.717, 1.165) is 12.3 Å². The maximum absolute atomic E-state index is 10.8. The van der Waals surface area contributed by atoms with Crippen molar-refractivity contribution in [1.82, 2.24) is 0 Å². The van der Waals surface area contributed by atoms with E-state index in [9.17, 15) is 4.79 Å². The summed E-state index contributed by atoms with van der Waals surface area (Å²) in [4.78, 5) is 10.8. The van der Waals surface area contributed by atoms with Crippen molar-refractivity contribution in [2.75, 3.05) is 0 Å². The van der Waals surface area contributed by atoms with Crippen LogP contribution in [0.1, 0.15) is 39.5 Å². The van der Waals surface area contributed by atoms with E-state index in [1.807, 2.05) is 6.92 Å². The Hall–Kier alpha value is -0.330. The van der Waals surface area contributed by atoms with Gasteiger partial charge in [-0.15, -0.1) is 0 Å². The molecule has 0 amide bonds. The maximum Gasteiger partial charge on any atom is 0.132 e. The van der Waals surface area contributed by atoms with Crippen LogP contribution in [0.3, 0.4) is 0 Å². The van der Waals surface area contributed by atoms with Gasteiger partial charge in [0.25, 0.3) is 0 Å². The number of ketones is 1. The predicted octanol–water partition coefficient (Wildman–Crippen LogP) is 2.40. The first-order valence-corrected chi connectivity index (χ1v) is 4.20. The Morgan fingerprint density at radius 1 is 1.60 bits per heavy atom. The van der Waals surface area contributed by atoms with Crippen LogP contribution in [0, 0.1) is 11.8 Å². The summed E-state index contributed by atoms with van der Waals surface area (Å²) in [5.74, 6) is 1.54. The molecule has 1 aliphatic carbocycles. The summed E-state index contributed by atoms with van der Waals surface area (Å²) >= 11 is 0. The Bertz CT molecular complexity index is 125. The van der Waals surface area contributed by atoms with E-state index in [2.05, 4.69) is 0 Å². The van der Waals surface area contributed by atoms with Gasteiger partial charge in [-0.05, 0) is 19.3 Å². The topological polar surface area (TPSA) is 17.1 Å². The van der Waals surface area contributed by atoms with Crippen LogP contribution < -0.4 is 0 Å². The van der Waals surface area contributed by atoms with Gasteiger partial charge in [-0.1, -0.05) is 26.2 Å². The summed E-state index contributed by atoms with van der Waals surface area (Å²) in [6.45, 7) is 3.74. The van der Waals surface area contributed by atoms with Crippen LogP contribution in [-0.4, -0.2) is 5.78 Å². The van der Waals surface area contributed by atoms with Crippen molar-refractivity contribution in [2.45, 2.75) is 39.5 Å². The van der Waals surface area contributed by atoms with Crippen LogP contribution in [0.25, 0.3) is 0 Å². The van der Waals surface area contributed by atoms with Crippen molar-refractivity contribution < 1.29 is 4.79 Å². The van der Waals surface area contributed by atoms with Gasteiger partial charge >= 0.3 is 0 Å². The molecule has 0 aromatic rings. The molecule has 10 heavy (non-hydrogen) atoms. The second kappa shape index (κ2) is 3.18. The van der Waals surface area contributed by atoms with Crippen LogP contribution in [0.4, 0.5) is 0 Å². The van der Waals surface area contributed by atoms with Crippen molar-refractivity contribution in [3.8, 4) is 0 Å². The van der Waals surface area contributed by atoms with Gasteiger partial charge in [-0.2, -0.15) is 0 Å². The molecular weight excluding hydrogens is 124 g/mol. The van der Waals surface area contributed by atoms with Gasteiger partial charge < -0.3 is 0 Å². The van der Waals surface area contributed by atoms with Crippen molar-refractivity contribution >= 4 is 5.78 Å². The first-order valence-electron chi connectivity index (χ1n) is 4.20. The fourth-order valence-electron chi connectivity index (χ4n) is 1.39. The van der Waals surface area contributed by atoms with Crippen LogP contribution in [-0.2, 0) is 4.79 Å². The van der Waals surface area contributed by atoms with Gasteiger partial charge in [0.05, 0.1) is 0 Å². The first kappa shape index (κ1) is 7.77. The Labute approximate surface area is 62.8 Å². The van der Waals surface area contributed by atoms with Crippen LogP contribution in [0.15, 0.2) is 0 Å². The molecule has 0 aromatic carbocycles. The number of Topliss-reactive ketones (excluding diaryl/α,β-unsaturated/α-hetero) is 1. The summed E-state index contributed by atoms with van der Waals surface area (Å²) in [7, 11) is 0. The zero-order chi connectivity index (χ0) is 7.56. The monoisotopic (exact) mass is 140 g/mol. The lowest BCUT2D eigenvalue weighted by Crippen LogP contribution is -2.18. The highest BCUT2D eigenvalue weighted by Crippen LogP contribution is 2.32. The first-order chi connectivity index (χ1) is 4.70. The number of carbonyl (C=O) groups is 1. The average molecular weight is 140 g/mol. The molecule has 0 spiro atoms. The van der Waals surface area contributed by atoms with Crippen molar-refractivity contribution in [3.05, 3.63) is 0 Å². The Balaban J connectivity index is 2.16. The third-order valence-corrected chi connectivity index (χ3v) is 2.61. The molecule has 1 saturated carbocycles. The van der Waals surface area contributed by atoms with E-state index >= 15 is 0 Å². The minimum Gasteiger partial charge on any atom is -0.300 e. The van der Waals surface area contributed by atoms with E-state index in [1.165, 1.54) is 19.3 Å². The van der Waals surface area contributed by atoms with Crippen LogP contribution in [0.5, 0.6) is 0 Å². The van der Waals surface area contributed by atoms with Gasteiger partial charge in [0.1, 0.15) is 5.78 Å². The lowest BCUT2D eigenvalue weighted by Gasteiger charge is -2.27. The van der Waals surface area contributed by atoms with Crippen molar-refractivity contribution in [1.29, 1.82) is 0 Å². The van der Waals surface area contributed by atoms with E-state index in [0.29, 0.717) is 11.7 Å². The van der Waals surface area contributed by atoms with Gasteiger partial charge in [-0.25, -0.2) is 0 Å². The van der Waals surface area contributed by atoms with Gasteiger partial charge in [0.15, 0.2) is 0 Å². The van der Waals surface area contributed by atoms with E-state index < -0.39 is 0 Å². The lowest BCUT2D eigenvalue weighted by molar-refractivity contribution is -0.120. The van der Waals surface area contributed by atoms with Gasteiger partial charge in [0, 0.05) is 5.92 Å². The molecule has 0 aliphatic heterocycles. The average Bonchev–Trinajstić information content (AvgIpc) is 1.77. The molecule has 0 saturated heterocycles. The minimum atomic E-state index is 0.310. The Morgan fingerprint density at radius 3 is 2.50 bits per heavy atom. The maximum atomic E-state index is 10.8. The molecule has 58 valence electrons. The van der Waals surface area contributed by atoms with Gasteiger partial charge in [0.2, 0.25) is 0 Å². The summed E-state index contributed by atoms with van der Waals surface area (Å²) in [6.07, 6.45) is 5.24. The second-order valence-electron chi connectivity index (χ2n) is 3.54. The Morgan fingerprint density at radius 2 is 2.20 bits per heavy atom. The molecule has 0 heterocycles. The molecule has 1 rings (SSSR count). The second-order valence-corrected chi connectivity index (χ2v) is 3.54. The molecule has 1 aliphatic rings. The fourth-order valence-corrected chi connectivity index (χ4v) is 1.39. The molecular formula is C9H16O. The summed E-state index contributed by atoms with van der Waals surface area (Å²) in [5.41, 5.74) is 0. The zero-order valence-electron chi connectivity index (χ0n) is 6.89. The van der Waals surface area contributed by atoms with E-state index in [-0.39, 0.29) is 0 Å². The minimum absolute atomic E-state index is 0.310. The molecule has 1 fully saturated rings. The smallest absolute Gasteiger partial charge is 0.132 e. The molecule has 1 unspecified atom stereocenters. The highest BCUT2D eigenvalue weighted by Gasteiger charge is 2.21.